The van der Waals surface area contributed by atoms with E-state index in [2.05, 4.69) is 66.6 Å². The summed E-state index contributed by atoms with van der Waals surface area (Å²) in [7, 11) is 6.58. The molecule has 112 valence electrons. The van der Waals surface area contributed by atoms with Gasteiger partial charge in [0.2, 0.25) is 0 Å². The van der Waals surface area contributed by atoms with E-state index in [4.69, 9.17) is 0 Å². The van der Waals surface area contributed by atoms with Gasteiger partial charge in [0.1, 0.15) is 0 Å². The molecule has 2 rings (SSSR count). The number of hydrogen-bond acceptors (Lipinski definition) is 3. The minimum absolute atomic E-state index is 0.458. The molecule has 1 aliphatic rings. The molecule has 2 unspecified atom stereocenters. The first-order valence-electron chi connectivity index (χ1n) is 7.81. The lowest BCUT2D eigenvalue weighted by Crippen LogP contribution is -2.45. The molecular weight excluding hydrogens is 246 g/mol. The largest absolute Gasteiger partial charge is 0.313 e. The molecule has 1 aromatic carbocycles. The Kier molecular flexibility index (Phi) is 6.02. The van der Waals surface area contributed by atoms with Gasteiger partial charge in [-0.1, -0.05) is 30.3 Å². The normalized spacial score (nSPS) is 22.1. The van der Waals surface area contributed by atoms with Crippen LogP contribution in [0.25, 0.3) is 0 Å². The van der Waals surface area contributed by atoms with Crippen LogP contribution >= 0.6 is 0 Å². The van der Waals surface area contributed by atoms with E-state index >= 15 is 0 Å². The molecule has 1 saturated heterocycles. The molecule has 1 aliphatic heterocycles. The van der Waals surface area contributed by atoms with Crippen LogP contribution in [0.5, 0.6) is 0 Å². The molecule has 0 radical (unpaired) electrons. The molecule has 20 heavy (non-hydrogen) atoms. The lowest BCUT2D eigenvalue weighted by molar-refractivity contribution is 0.131. The van der Waals surface area contributed by atoms with Gasteiger partial charge in [0.05, 0.1) is 0 Å². The van der Waals surface area contributed by atoms with Crippen LogP contribution in [-0.4, -0.2) is 56.6 Å². The van der Waals surface area contributed by atoms with Crippen molar-refractivity contribution in [2.75, 3.05) is 40.8 Å². The smallest absolute Gasteiger partial charge is 0.0329 e. The van der Waals surface area contributed by atoms with Crippen molar-refractivity contribution in [2.45, 2.75) is 31.3 Å². The van der Waals surface area contributed by atoms with Gasteiger partial charge >= 0.3 is 0 Å². The Morgan fingerprint density at radius 1 is 1.35 bits per heavy atom. The molecule has 0 bridgehead atoms. The van der Waals surface area contributed by atoms with Gasteiger partial charge in [0.15, 0.2) is 0 Å². The molecule has 1 N–H and O–H groups in total. The van der Waals surface area contributed by atoms with Crippen molar-refractivity contribution in [3.05, 3.63) is 35.9 Å². The Labute approximate surface area is 124 Å². The number of hydrogen-bond donors (Lipinski definition) is 1. The van der Waals surface area contributed by atoms with Crippen molar-refractivity contribution in [3.8, 4) is 0 Å². The van der Waals surface area contributed by atoms with Crippen molar-refractivity contribution < 1.29 is 0 Å². The molecule has 1 heterocycles. The van der Waals surface area contributed by atoms with Crippen LogP contribution in [0.4, 0.5) is 0 Å². The lowest BCUT2D eigenvalue weighted by atomic mass is 10.0. The van der Waals surface area contributed by atoms with Crippen LogP contribution in [0.1, 0.15) is 30.9 Å². The molecule has 1 fully saturated rings. The van der Waals surface area contributed by atoms with Gasteiger partial charge in [0, 0.05) is 18.6 Å². The summed E-state index contributed by atoms with van der Waals surface area (Å²) in [5.74, 6) is 0. The number of likely N-dealkylation sites (N-methyl/N-ethyl adjacent to an activating group) is 2. The quantitative estimate of drug-likeness (QED) is 0.860. The predicted molar refractivity (Wildman–Crippen MR) is 86.0 cm³/mol. The van der Waals surface area contributed by atoms with E-state index in [0.29, 0.717) is 6.04 Å². The van der Waals surface area contributed by atoms with E-state index in [1.165, 1.54) is 31.5 Å². The third kappa shape index (κ3) is 4.30. The summed E-state index contributed by atoms with van der Waals surface area (Å²) in [4.78, 5) is 5.00. The summed E-state index contributed by atoms with van der Waals surface area (Å²) >= 11 is 0. The number of nitrogens with one attached hydrogen (secondary N) is 1. The molecule has 0 spiro atoms. The third-order valence-electron chi connectivity index (χ3n) is 4.54. The van der Waals surface area contributed by atoms with E-state index in [9.17, 15) is 0 Å². The summed E-state index contributed by atoms with van der Waals surface area (Å²) in [6, 6.07) is 12.0. The summed E-state index contributed by atoms with van der Waals surface area (Å²) in [6.45, 7) is 3.62. The van der Waals surface area contributed by atoms with Gasteiger partial charge in [-0.15, -0.1) is 0 Å². The van der Waals surface area contributed by atoms with E-state index in [1.807, 2.05) is 0 Å². The first-order valence-corrected chi connectivity index (χ1v) is 7.81. The number of likely N-dealkylation sites (tertiary alicyclic amines) is 1. The summed E-state index contributed by atoms with van der Waals surface area (Å²) in [6.07, 6.45) is 3.84. The van der Waals surface area contributed by atoms with Crippen molar-refractivity contribution in [2.24, 2.45) is 0 Å². The van der Waals surface area contributed by atoms with Crippen molar-refractivity contribution >= 4 is 0 Å². The standard InChI is InChI=1S/C17H29N3/c1-18-17(15-8-5-4-6-9-15)11-13-20(3)16-10-7-12-19(2)14-16/h4-6,8-9,16-18H,7,10-14H2,1-3H3. The van der Waals surface area contributed by atoms with Crippen LogP contribution in [0.3, 0.4) is 0 Å². The van der Waals surface area contributed by atoms with Crippen LogP contribution in [0.2, 0.25) is 0 Å². The zero-order valence-electron chi connectivity index (χ0n) is 13.2. The predicted octanol–water partition coefficient (Wildman–Crippen LogP) is 2.36. The highest BCUT2D eigenvalue weighted by atomic mass is 15.2. The number of nitrogens with zero attached hydrogens (tertiary/aromatic N) is 2. The maximum atomic E-state index is 3.45. The van der Waals surface area contributed by atoms with Gasteiger partial charge in [-0.3, -0.25) is 0 Å². The fourth-order valence-corrected chi connectivity index (χ4v) is 3.18. The highest BCUT2D eigenvalue weighted by molar-refractivity contribution is 5.18. The van der Waals surface area contributed by atoms with Gasteiger partial charge in [-0.05, 0) is 59.1 Å². The average molecular weight is 275 g/mol. The lowest BCUT2D eigenvalue weighted by Gasteiger charge is -2.36. The fraction of sp³-hybridized carbons (Fsp3) is 0.647. The maximum Gasteiger partial charge on any atom is 0.0329 e. The summed E-state index contributed by atoms with van der Waals surface area (Å²) in [5.41, 5.74) is 1.39. The summed E-state index contributed by atoms with van der Waals surface area (Å²) < 4.78 is 0. The minimum atomic E-state index is 0.458. The third-order valence-corrected chi connectivity index (χ3v) is 4.54. The highest BCUT2D eigenvalue weighted by Gasteiger charge is 2.21. The monoisotopic (exact) mass is 275 g/mol. The van der Waals surface area contributed by atoms with Crippen LogP contribution < -0.4 is 5.32 Å². The SMILES string of the molecule is CNC(CCN(C)C1CCCN(C)C1)c1ccccc1. The Bertz CT molecular complexity index is 379. The highest BCUT2D eigenvalue weighted by Crippen LogP contribution is 2.19. The Morgan fingerprint density at radius 3 is 2.75 bits per heavy atom. The van der Waals surface area contributed by atoms with E-state index < -0.39 is 0 Å². The topological polar surface area (TPSA) is 18.5 Å². The number of benzene rings is 1. The number of rotatable bonds is 6. The Morgan fingerprint density at radius 2 is 2.10 bits per heavy atom. The van der Waals surface area contributed by atoms with Crippen molar-refractivity contribution in [1.29, 1.82) is 0 Å². The molecule has 0 amide bonds. The molecule has 2 atom stereocenters. The zero-order valence-corrected chi connectivity index (χ0v) is 13.2. The molecule has 0 saturated carbocycles. The van der Waals surface area contributed by atoms with Crippen LogP contribution in [0, 0.1) is 0 Å². The molecule has 1 aromatic rings. The van der Waals surface area contributed by atoms with Gasteiger partial charge < -0.3 is 15.1 Å². The average Bonchev–Trinajstić information content (AvgIpc) is 2.49. The molecule has 3 heteroatoms. The second-order valence-corrected chi connectivity index (χ2v) is 6.08. The van der Waals surface area contributed by atoms with E-state index in [1.54, 1.807) is 0 Å². The van der Waals surface area contributed by atoms with Gasteiger partial charge in [-0.25, -0.2) is 0 Å². The number of piperidine rings is 1. The first kappa shape index (κ1) is 15.5. The van der Waals surface area contributed by atoms with Crippen molar-refractivity contribution in [3.63, 3.8) is 0 Å². The minimum Gasteiger partial charge on any atom is -0.313 e. The first-order chi connectivity index (χ1) is 9.70. The fourth-order valence-electron chi connectivity index (χ4n) is 3.18. The zero-order chi connectivity index (χ0) is 14.4. The molecule has 0 aromatic heterocycles. The molecular formula is C17H29N3. The molecule has 3 nitrogen and oxygen atoms in total. The second kappa shape index (κ2) is 7.77. The summed E-state index contributed by atoms with van der Waals surface area (Å²) in [5, 5.41) is 3.45. The van der Waals surface area contributed by atoms with E-state index in [0.717, 1.165) is 19.0 Å². The molecule has 0 aliphatic carbocycles. The van der Waals surface area contributed by atoms with Gasteiger partial charge in [0.25, 0.3) is 0 Å². The van der Waals surface area contributed by atoms with Crippen molar-refractivity contribution in [1.82, 2.24) is 15.1 Å². The Balaban J connectivity index is 1.83. The van der Waals surface area contributed by atoms with Gasteiger partial charge in [-0.2, -0.15) is 0 Å². The Hall–Kier alpha value is -0.900. The maximum absolute atomic E-state index is 3.45. The van der Waals surface area contributed by atoms with E-state index in [-0.39, 0.29) is 0 Å². The second-order valence-electron chi connectivity index (χ2n) is 6.08. The van der Waals surface area contributed by atoms with Crippen LogP contribution in [-0.2, 0) is 0 Å². The van der Waals surface area contributed by atoms with Crippen LogP contribution in [0.15, 0.2) is 30.3 Å².